The van der Waals surface area contributed by atoms with Gasteiger partial charge in [-0.15, -0.1) is 11.3 Å². The van der Waals surface area contributed by atoms with E-state index in [2.05, 4.69) is 10.3 Å². The van der Waals surface area contributed by atoms with Crippen molar-refractivity contribution in [2.75, 3.05) is 24.6 Å². The van der Waals surface area contributed by atoms with Gasteiger partial charge in [-0.2, -0.15) is 0 Å². The number of rotatable bonds is 5. The fourth-order valence-corrected chi connectivity index (χ4v) is 2.88. The summed E-state index contributed by atoms with van der Waals surface area (Å²) in [5.74, 6) is -0.131. The number of nitrogen functional groups attached to an aromatic ring is 1. The summed E-state index contributed by atoms with van der Waals surface area (Å²) in [6.45, 7) is 2.92. The van der Waals surface area contributed by atoms with Gasteiger partial charge in [0, 0.05) is 16.4 Å². The fourth-order valence-electron chi connectivity index (χ4n) is 1.85. The Morgan fingerprint density at radius 2 is 2.29 bits per heavy atom. The van der Waals surface area contributed by atoms with E-state index in [1.165, 1.54) is 0 Å². The van der Waals surface area contributed by atoms with Crippen molar-refractivity contribution in [2.45, 2.75) is 13.5 Å². The second-order valence-electron chi connectivity index (χ2n) is 4.81. The van der Waals surface area contributed by atoms with Gasteiger partial charge in [-0.25, -0.2) is 4.98 Å². The minimum atomic E-state index is -0.131. The largest absolute Gasteiger partial charge is 0.397 e. The van der Waals surface area contributed by atoms with E-state index in [0.717, 1.165) is 10.6 Å². The first-order valence-corrected chi connectivity index (χ1v) is 7.64. The summed E-state index contributed by atoms with van der Waals surface area (Å²) in [7, 11) is 1.89. The summed E-state index contributed by atoms with van der Waals surface area (Å²) in [5.41, 5.74) is 9.65. The highest BCUT2D eigenvalue weighted by Crippen LogP contribution is 2.22. The molecular formula is C14H17ClN4OS. The molecule has 0 aliphatic rings. The zero-order valence-corrected chi connectivity index (χ0v) is 13.5. The number of likely N-dealkylation sites (N-methyl/N-ethyl adjacent to an activating group) is 1. The SMILES string of the molecule is Cc1ncsc1CN(C)CC(=O)Nc1cc(Cl)ccc1N. The Morgan fingerprint density at radius 1 is 1.52 bits per heavy atom. The van der Waals surface area contributed by atoms with Crippen LogP contribution in [0.15, 0.2) is 23.7 Å². The van der Waals surface area contributed by atoms with Crippen LogP contribution in [0.2, 0.25) is 5.02 Å². The number of aromatic nitrogens is 1. The molecule has 1 amide bonds. The van der Waals surface area contributed by atoms with Crippen LogP contribution in [0.3, 0.4) is 0 Å². The second kappa shape index (κ2) is 6.89. The highest BCUT2D eigenvalue weighted by atomic mass is 35.5. The molecule has 0 fully saturated rings. The molecule has 7 heteroatoms. The Balaban J connectivity index is 1.92. The highest BCUT2D eigenvalue weighted by Gasteiger charge is 2.11. The summed E-state index contributed by atoms with van der Waals surface area (Å²) < 4.78 is 0. The van der Waals surface area contributed by atoms with Crippen molar-refractivity contribution in [1.82, 2.24) is 9.88 Å². The predicted octanol–water partition coefficient (Wildman–Crippen LogP) is 2.76. The van der Waals surface area contributed by atoms with Gasteiger partial charge in [-0.05, 0) is 32.2 Å². The first kappa shape index (κ1) is 15.8. The van der Waals surface area contributed by atoms with Crippen LogP contribution in [0, 0.1) is 6.92 Å². The van der Waals surface area contributed by atoms with Crippen LogP contribution in [-0.2, 0) is 11.3 Å². The minimum absolute atomic E-state index is 0.131. The number of nitrogens with one attached hydrogen (secondary N) is 1. The van der Waals surface area contributed by atoms with Crippen LogP contribution in [0.5, 0.6) is 0 Å². The molecule has 0 unspecified atom stereocenters. The molecule has 0 spiro atoms. The van der Waals surface area contributed by atoms with E-state index in [4.69, 9.17) is 17.3 Å². The third-order valence-corrected chi connectivity index (χ3v) is 4.12. The van der Waals surface area contributed by atoms with E-state index in [1.54, 1.807) is 29.5 Å². The van der Waals surface area contributed by atoms with Gasteiger partial charge in [0.2, 0.25) is 5.91 Å². The van der Waals surface area contributed by atoms with Crippen molar-refractivity contribution in [3.63, 3.8) is 0 Å². The third-order valence-electron chi connectivity index (χ3n) is 2.96. The number of carbonyl (C=O) groups is 1. The Hall–Kier alpha value is -1.63. The normalized spacial score (nSPS) is 10.9. The van der Waals surface area contributed by atoms with E-state index in [1.807, 2.05) is 24.4 Å². The number of aryl methyl sites for hydroxylation is 1. The molecule has 0 saturated carbocycles. The summed E-state index contributed by atoms with van der Waals surface area (Å²) in [6.07, 6.45) is 0. The number of carbonyl (C=O) groups excluding carboxylic acids is 1. The number of hydrogen-bond donors (Lipinski definition) is 2. The van der Waals surface area contributed by atoms with Crippen LogP contribution in [0.1, 0.15) is 10.6 Å². The lowest BCUT2D eigenvalue weighted by molar-refractivity contribution is -0.117. The van der Waals surface area contributed by atoms with Crippen molar-refractivity contribution in [2.24, 2.45) is 0 Å². The Morgan fingerprint density at radius 3 is 2.95 bits per heavy atom. The average molecular weight is 325 g/mol. The molecule has 2 aromatic rings. The van der Waals surface area contributed by atoms with Gasteiger partial charge in [0.05, 0.1) is 29.1 Å². The van der Waals surface area contributed by atoms with Gasteiger partial charge in [0.15, 0.2) is 0 Å². The van der Waals surface area contributed by atoms with Crippen molar-refractivity contribution in [1.29, 1.82) is 0 Å². The molecule has 2 rings (SSSR count). The standard InChI is InChI=1S/C14H17ClN4OS/c1-9-13(21-8-17-9)6-19(2)7-14(20)18-12-5-10(15)3-4-11(12)16/h3-5,8H,6-7,16H2,1-2H3,(H,18,20). The molecule has 5 nitrogen and oxygen atoms in total. The summed E-state index contributed by atoms with van der Waals surface area (Å²) >= 11 is 7.49. The van der Waals surface area contributed by atoms with Gasteiger partial charge in [0.1, 0.15) is 0 Å². The predicted molar refractivity (Wildman–Crippen MR) is 87.7 cm³/mol. The molecule has 0 aliphatic heterocycles. The number of halogens is 1. The molecule has 1 heterocycles. The summed E-state index contributed by atoms with van der Waals surface area (Å²) in [6, 6.07) is 5.00. The number of thiazole rings is 1. The molecule has 3 N–H and O–H groups in total. The van der Waals surface area contributed by atoms with Gasteiger partial charge >= 0.3 is 0 Å². The van der Waals surface area contributed by atoms with Gasteiger partial charge in [-0.1, -0.05) is 11.6 Å². The van der Waals surface area contributed by atoms with E-state index in [9.17, 15) is 4.79 Å². The van der Waals surface area contributed by atoms with Crippen LogP contribution in [0.4, 0.5) is 11.4 Å². The van der Waals surface area contributed by atoms with Gasteiger partial charge in [0.25, 0.3) is 0 Å². The number of anilines is 2. The lowest BCUT2D eigenvalue weighted by atomic mass is 10.2. The molecule has 1 aromatic carbocycles. The molecule has 0 atom stereocenters. The molecule has 0 bridgehead atoms. The lowest BCUT2D eigenvalue weighted by Crippen LogP contribution is -2.30. The van der Waals surface area contributed by atoms with Crippen molar-refractivity contribution in [3.8, 4) is 0 Å². The minimum Gasteiger partial charge on any atom is -0.397 e. The van der Waals surface area contributed by atoms with Crippen LogP contribution >= 0.6 is 22.9 Å². The number of nitrogens with zero attached hydrogens (tertiary/aromatic N) is 2. The maximum Gasteiger partial charge on any atom is 0.238 e. The van der Waals surface area contributed by atoms with Crippen LogP contribution in [-0.4, -0.2) is 29.4 Å². The van der Waals surface area contributed by atoms with Crippen LogP contribution in [0.25, 0.3) is 0 Å². The quantitative estimate of drug-likeness (QED) is 0.830. The van der Waals surface area contributed by atoms with Gasteiger partial charge in [-0.3, -0.25) is 9.69 Å². The molecule has 0 saturated heterocycles. The first-order valence-electron chi connectivity index (χ1n) is 6.38. The maximum atomic E-state index is 12.0. The second-order valence-corrected chi connectivity index (χ2v) is 6.19. The lowest BCUT2D eigenvalue weighted by Gasteiger charge is -2.16. The van der Waals surface area contributed by atoms with Gasteiger partial charge < -0.3 is 11.1 Å². The average Bonchev–Trinajstić information content (AvgIpc) is 2.79. The zero-order chi connectivity index (χ0) is 15.4. The number of amides is 1. The molecule has 21 heavy (non-hydrogen) atoms. The Labute approximate surface area is 132 Å². The van der Waals surface area contributed by atoms with E-state index in [-0.39, 0.29) is 12.5 Å². The maximum absolute atomic E-state index is 12.0. The number of hydrogen-bond acceptors (Lipinski definition) is 5. The van der Waals surface area contributed by atoms with Crippen LogP contribution < -0.4 is 11.1 Å². The van der Waals surface area contributed by atoms with E-state index >= 15 is 0 Å². The molecule has 112 valence electrons. The molecule has 0 radical (unpaired) electrons. The summed E-state index contributed by atoms with van der Waals surface area (Å²) in [4.78, 5) is 19.3. The topological polar surface area (TPSA) is 71.2 Å². The monoisotopic (exact) mass is 324 g/mol. The van der Waals surface area contributed by atoms with Crippen molar-refractivity contribution >= 4 is 40.2 Å². The third kappa shape index (κ3) is 4.42. The first-order chi connectivity index (χ1) is 9.95. The number of nitrogens with two attached hydrogens (primary N) is 1. The van der Waals surface area contributed by atoms with Crippen molar-refractivity contribution in [3.05, 3.63) is 39.3 Å². The fraction of sp³-hybridized carbons (Fsp3) is 0.286. The summed E-state index contributed by atoms with van der Waals surface area (Å²) in [5, 5.41) is 3.31. The van der Waals surface area contributed by atoms with E-state index in [0.29, 0.717) is 22.9 Å². The smallest absolute Gasteiger partial charge is 0.238 e. The zero-order valence-electron chi connectivity index (χ0n) is 11.9. The molecule has 1 aromatic heterocycles. The molecule has 0 aliphatic carbocycles. The highest BCUT2D eigenvalue weighted by molar-refractivity contribution is 7.09. The molecular weight excluding hydrogens is 308 g/mol. The van der Waals surface area contributed by atoms with Crippen molar-refractivity contribution < 1.29 is 4.79 Å². The Kier molecular flexibility index (Phi) is 5.17. The van der Waals surface area contributed by atoms with E-state index < -0.39 is 0 Å². The Bertz CT molecular complexity index is 644. The number of benzene rings is 1.